The third-order valence-corrected chi connectivity index (χ3v) is 2.87. The van der Waals surface area contributed by atoms with Crippen LogP contribution in [-0.4, -0.2) is 14.9 Å². The van der Waals surface area contributed by atoms with Crippen molar-refractivity contribution in [1.29, 1.82) is 0 Å². The van der Waals surface area contributed by atoms with E-state index < -0.39 is 27.7 Å². The monoisotopic (exact) mass is 311 g/mol. The van der Waals surface area contributed by atoms with Gasteiger partial charge in [-0.1, -0.05) is 17.7 Å². The largest absolute Gasteiger partial charge is 0.357 e. The maximum absolute atomic E-state index is 13.6. The van der Waals surface area contributed by atoms with E-state index in [0.717, 1.165) is 18.2 Å². The number of aromatic amines is 2. The second-order valence-electron chi connectivity index (χ2n) is 3.90. The van der Waals surface area contributed by atoms with Gasteiger partial charge in [0.25, 0.3) is 0 Å². The summed E-state index contributed by atoms with van der Waals surface area (Å²) in [5.74, 6) is -0.645. The smallest absolute Gasteiger partial charge is 0.301 e. The Morgan fingerprint density at radius 1 is 1.24 bits per heavy atom. The van der Waals surface area contributed by atoms with Crippen LogP contribution in [-0.2, 0) is 0 Å². The highest BCUT2D eigenvalue weighted by molar-refractivity contribution is 6.32. The number of benzene rings is 1. The Hall–Kier alpha value is -2.74. The lowest BCUT2D eigenvalue weighted by atomic mass is 10.2. The molecule has 0 amide bonds. The molecule has 2 aromatic rings. The summed E-state index contributed by atoms with van der Waals surface area (Å²) in [6.45, 7) is 0. The summed E-state index contributed by atoms with van der Waals surface area (Å²) in [5, 5.41) is 10.9. The van der Waals surface area contributed by atoms with Crippen LogP contribution in [0, 0.1) is 15.9 Å². The van der Waals surface area contributed by atoms with Crippen LogP contribution in [0.4, 0.5) is 10.1 Å². The first-order valence-electron chi connectivity index (χ1n) is 5.53. The zero-order valence-electron chi connectivity index (χ0n) is 10.2. The molecule has 0 aliphatic heterocycles. The SMILES string of the molecule is O=c1[nH]c(C=Cc2c(F)cccc2Cl)c([N+](=O)[O-])c(=O)[nH]1. The van der Waals surface area contributed by atoms with Crippen LogP contribution in [0.25, 0.3) is 12.2 Å². The second-order valence-corrected chi connectivity index (χ2v) is 4.30. The van der Waals surface area contributed by atoms with Gasteiger partial charge in [-0.2, -0.15) is 0 Å². The second kappa shape index (κ2) is 5.71. The maximum Gasteiger partial charge on any atom is 0.357 e. The number of aromatic nitrogens is 2. The number of hydrogen-bond donors (Lipinski definition) is 2. The first-order chi connectivity index (χ1) is 9.90. The fourth-order valence-electron chi connectivity index (χ4n) is 1.64. The summed E-state index contributed by atoms with van der Waals surface area (Å²) in [6.07, 6.45) is 2.18. The number of nitrogens with one attached hydrogen (secondary N) is 2. The van der Waals surface area contributed by atoms with Gasteiger partial charge in [0.05, 0.1) is 9.95 Å². The summed E-state index contributed by atoms with van der Waals surface area (Å²) in [6, 6.07) is 3.98. The molecule has 0 atom stereocenters. The molecule has 0 unspecified atom stereocenters. The van der Waals surface area contributed by atoms with Gasteiger partial charge in [0.2, 0.25) is 0 Å². The summed E-state index contributed by atoms with van der Waals surface area (Å²) in [5.41, 5.74) is -3.28. The van der Waals surface area contributed by atoms with Gasteiger partial charge in [-0.15, -0.1) is 0 Å². The van der Waals surface area contributed by atoms with Crippen LogP contribution in [0.15, 0.2) is 27.8 Å². The van der Waals surface area contributed by atoms with Crippen LogP contribution in [0.1, 0.15) is 11.3 Å². The van der Waals surface area contributed by atoms with E-state index in [1.807, 2.05) is 0 Å². The molecular weight excluding hydrogens is 305 g/mol. The third-order valence-electron chi connectivity index (χ3n) is 2.54. The van der Waals surface area contributed by atoms with Gasteiger partial charge in [0.1, 0.15) is 11.5 Å². The van der Waals surface area contributed by atoms with Gasteiger partial charge in [0, 0.05) is 5.56 Å². The fraction of sp³-hybridized carbons (Fsp3) is 0. The van der Waals surface area contributed by atoms with E-state index in [-0.39, 0.29) is 16.3 Å². The molecule has 0 aliphatic carbocycles. The first kappa shape index (κ1) is 14.7. The Balaban J connectivity index is 2.59. The van der Waals surface area contributed by atoms with Crippen molar-refractivity contribution in [2.75, 3.05) is 0 Å². The molecule has 9 heteroatoms. The van der Waals surface area contributed by atoms with E-state index in [4.69, 9.17) is 11.6 Å². The minimum absolute atomic E-state index is 0.0189. The highest BCUT2D eigenvalue weighted by atomic mass is 35.5. The number of H-pyrrole nitrogens is 2. The molecule has 1 aromatic carbocycles. The predicted octanol–water partition coefficient (Wildman–Crippen LogP) is 1.93. The Bertz CT molecular complexity index is 836. The molecule has 7 nitrogen and oxygen atoms in total. The molecule has 0 aliphatic rings. The van der Waals surface area contributed by atoms with E-state index in [0.29, 0.717) is 0 Å². The topological polar surface area (TPSA) is 109 Å². The molecular formula is C12H7ClFN3O4. The van der Waals surface area contributed by atoms with Gasteiger partial charge >= 0.3 is 16.9 Å². The summed E-state index contributed by atoms with van der Waals surface area (Å²) < 4.78 is 13.6. The Labute approximate surface area is 120 Å². The molecule has 0 saturated carbocycles. The van der Waals surface area contributed by atoms with Crippen LogP contribution >= 0.6 is 11.6 Å². The standard InChI is InChI=1S/C12H7ClFN3O4/c13-7-2-1-3-8(14)6(7)4-5-9-10(17(20)21)11(18)16-12(19)15-9/h1-5H,(H2,15,16,18,19). The summed E-state index contributed by atoms with van der Waals surface area (Å²) in [4.78, 5) is 36.3. The number of hydrogen-bond acceptors (Lipinski definition) is 4. The minimum atomic E-state index is -1.15. The van der Waals surface area contributed by atoms with Crippen LogP contribution < -0.4 is 11.2 Å². The van der Waals surface area contributed by atoms with E-state index in [1.165, 1.54) is 12.1 Å². The van der Waals surface area contributed by atoms with E-state index >= 15 is 0 Å². The van der Waals surface area contributed by atoms with E-state index in [9.17, 15) is 24.1 Å². The van der Waals surface area contributed by atoms with E-state index in [2.05, 4.69) is 4.98 Å². The third kappa shape index (κ3) is 3.06. The Morgan fingerprint density at radius 3 is 2.57 bits per heavy atom. The molecule has 0 saturated heterocycles. The zero-order chi connectivity index (χ0) is 15.6. The quantitative estimate of drug-likeness (QED) is 0.666. The molecule has 2 rings (SSSR count). The maximum atomic E-state index is 13.6. The average Bonchev–Trinajstić information content (AvgIpc) is 2.36. The highest BCUT2D eigenvalue weighted by Crippen LogP contribution is 2.22. The predicted molar refractivity (Wildman–Crippen MR) is 74.7 cm³/mol. The van der Waals surface area contributed by atoms with Gasteiger partial charge in [0.15, 0.2) is 0 Å². The van der Waals surface area contributed by atoms with Crippen molar-refractivity contribution < 1.29 is 9.31 Å². The molecule has 0 spiro atoms. The lowest BCUT2D eigenvalue weighted by Gasteiger charge is -2.00. The van der Waals surface area contributed by atoms with Crippen molar-refractivity contribution in [3.8, 4) is 0 Å². The number of rotatable bonds is 3. The van der Waals surface area contributed by atoms with Gasteiger partial charge in [-0.3, -0.25) is 19.9 Å². The average molecular weight is 312 g/mol. The van der Waals surface area contributed by atoms with Crippen molar-refractivity contribution in [2.45, 2.75) is 0 Å². The molecule has 0 radical (unpaired) electrons. The lowest BCUT2D eigenvalue weighted by molar-refractivity contribution is -0.386. The number of halogens is 2. The Kier molecular flexibility index (Phi) is 3.99. The van der Waals surface area contributed by atoms with Crippen LogP contribution in [0.5, 0.6) is 0 Å². The molecule has 1 heterocycles. The summed E-state index contributed by atoms with van der Waals surface area (Å²) >= 11 is 5.80. The zero-order valence-corrected chi connectivity index (χ0v) is 11.0. The van der Waals surface area contributed by atoms with Gasteiger partial charge < -0.3 is 4.98 Å². The minimum Gasteiger partial charge on any atom is -0.301 e. The fourth-order valence-corrected chi connectivity index (χ4v) is 1.86. The lowest BCUT2D eigenvalue weighted by Crippen LogP contribution is -2.25. The molecule has 2 N–H and O–H groups in total. The molecule has 108 valence electrons. The van der Waals surface area contributed by atoms with Crippen molar-refractivity contribution in [3.05, 3.63) is 71.2 Å². The first-order valence-corrected chi connectivity index (χ1v) is 5.91. The molecule has 1 aromatic heterocycles. The van der Waals surface area contributed by atoms with Crippen molar-refractivity contribution in [1.82, 2.24) is 9.97 Å². The normalized spacial score (nSPS) is 11.0. The molecule has 21 heavy (non-hydrogen) atoms. The molecule has 0 fully saturated rings. The number of nitro groups is 1. The highest BCUT2D eigenvalue weighted by Gasteiger charge is 2.19. The molecule has 0 bridgehead atoms. The number of nitrogens with zero attached hydrogens (tertiary/aromatic N) is 1. The van der Waals surface area contributed by atoms with Gasteiger partial charge in [-0.25, -0.2) is 9.18 Å². The van der Waals surface area contributed by atoms with E-state index in [1.54, 1.807) is 4.98 Å². The van der Waals surface area contributed by atoms with Crippen LogP contribution in [0.2, 0.25) is 5.02 Å². The summed E-state index contributed by atoms with van der Waals surface area (Å²) in [7, 11) is 0. The van der Waals surface area contributed by atoms with Gasteiger partial charge in [-0.05, 0) is 24.3 Å². The van der Waals surface area contributed by atoms with Crippen LogP contribution in [0.3, 0.4) is 0 Å². The van der Waals surface area contributed by atoms with Crippen molar-refractivity contribution in [3.63, 3.8) is 0 Å². The van der Waals surface area contributed by atoms with Crippen molar-refractivity contribution >= 4 is 29.4 Å². The van der Waals surface area contributed by atoms with Crippen molar-refractivity contribution in [2.24, 2.45) is 0 Å². The Morgan fingerprint density at radius 2 is 1.95 bits per heavy atom.